The molecule has 1 atom stereocenters. The molecule has 1 fully saturated rings. The zero-order chi connectivity index (χ0) is 20.4. The summed E-state index contributed by atoms with van der Waals surface area (Å²) in [5.41, 5.74) is 1.88. The SMILES string of the molecule is CC(=O)c1c(C)[nH]c(C(=O)N2CCCCC2CNC(=O)OC(C)(C)C)c1C. The van der Waals surface area contributed by atoms with E-state index in [0.717, 1.165) is 19.3 Å². The largest absolute Gasteiger partial charge is 0.444 e. The number of Topliss-reactive ketones (excluding diaryl/α,β-unsaturated/α-hetero) is 1. The standard InChI is InChI=1S/C20H31N3O4/c1-12-16(14(3)24)13(2)22-17(12)18(25)23-10-8-7-9-15(23)11-21-19(26)27-20(4,5)6/h15,22H,7-11H2,1-6H3,(H,21,26). The number of amides is 2. The van der Waals surface area contributed by atoms with Gasteiger partial charge < -0.3 is 19.9 Å². The molecule has 2 amide bonds. The minimum absolute atomic E-state index is 0.0536. The van der Waals surface area contributed by atoms with Gasteiger partial charge in [0.05, 0.1) is 0 Å². The number of carbonyl (C=O) groups excluding carboxylic acids is 3. The topological polar surface area (TPSA) is 91.5 Å². The second-order valence-electron chi connectivity index (χ2n) is 8.21. The maximum atomic E-state index is 13.1. The number of hydrogen-bond donors (Lipinski definition) is 2. The third-order valence-electron chi connectivity index (χ3n) is 4.77. The number of rotatable bonds is 4. The Hall–Kier alpha value is -2.31. The predicted molar refractivity (Wildman–Crippen MR) is 103 cm³/mol. The van der Waals surface area contributed by atoms with E-state index in [1.807, 2.05) is 20.8 Å². The van der Waals surface area contributed by atoms with Crippen LogP contribution in [0.15, 0.2) is 0 Å². The quantitative estimate of drug-likeness (QED) is 0.787. The minimum atomic E-state index is -0.561. The zero-order valence-electron chi connectivity index (χ0n) is 17.2. The summed E-state index contributed by atoms with van der Waals surface area (Å²) in [6.07, 6.45) is 2.27. The number of aromatic amines is 1. The minimum Gasteiger partial charge on any atom is -0.444 e. The Morgan fingerprint density at radius 3 is 2.44 bits per heavy atom. The fourth-order valence-electron chi connectivity index (χ4n) is 3.63. The van der Waals surface area contributed by atoms with E-state index in [1.165, 1.54) is 6.92 Å². The van der Waals surface area contributed by atoms with E-state index in [0.29, 0.717) is 35.6 Å². The van der Waals surface area contributed by atoms with Crippen LogP contribution in [0.4, 0.5) is 4.79 Å². The first-order valence-electron chi connectivity index (χ1n) is 9.49. The lowest BCUT2D eigenvalue weighted by atomic mass is 10.0. The van der Waals surface area contributed by atoms with Crippen LogP contribution in [-0.2, 0) is 4.74 Å². The van der Waals surface area contributed by atoms with Gasteiger partial charge in [-0.3, -0.25) is 9.59 Å². The van der Waals surface area contributed by atoms with Crippen molar-refractivity contribution in [1.82, 2.24) is 15.2 Å². The van der Waals surface area contributed by atoms with Crippen LogP contribution in [0.2, 0.25) is 0 Å². The zero-order valence-corrected chi connectivity index (χ0v) is 17.2. The van der Waals surface area contributed by atoms with Gasteiger partial charge in [-0.1, -0.05) is 0 Å². The summed E-state index contributed by atoms with van der Waals surface area (Å²) >= 11 is 0. The van der Waals surface area contributed by atoms with Crippen molar-refractivity contribution in [3.05, 3.63) is 22.5 Å². The number of piperidine rings is 1. The van der Waals surface area contributed by atoms with Crippen molar-refractivity contribution in [2.24, 2.45) is 0 Å². The Balaban J connectivity index is 2.13. The van der Waals surface area contributed by atoms with Crippen LogP contribution in [0.3, 0.4) is 0 Å². The van der Waals surface area contributed by atoms with Crippen molar-refractivity contribution >= 4 is 17.8 Å². The lowest BCUT2D eigenvalue weighted by molar-refractivity contribution is 0.0460. The first-order chi connectivity index (χ1) is 12.5. The third-order valence-corrected chi connectivity index (χ3v) is 4.77. The highest BCUT2D eigenvalue weighted by atomic mass is 16.6. The maximum Gasteiger partial charge on any atom is 0.407 e. The van der Waals surface area contributed by atoms with E-state index in [9.17, 15) is 14.4 Å². The van der Waals surface area contributed by atoms with E-state index in [4.69, 9.17) is 4.74 Å². The Labute approximate surface area is 160 Å². The van der Waals surface area contributed by atoms with Crippen molar-refractivity contribution in [3.8, 4) is 0 Å². The summed E-state index contributed by atoms with van der Waals surface area (Å²) in [6, 6.07) is -0.0949. The van der Waals surface area contributed by atoms with Gasteiger partial charge in [-0.25, -0.2) is 4.79 Å². The van der Waals surface area contributed by atoms with Gasteiger partial charge >= 0.3 is 6.09 Å². The molecule has 0 saturated carbocycles. The van der Waals surface area contributed by atoms with E-state index in [-0.39, 0.29) is 17.7 Å². The van der Waals surface area contributed by atoms with Crippen molar-refractivity contribution < 1.29 is 19.1 Å². The van der Waals surface area contributed by atoms with Gasteiger partial charge in [-0.2, -0.15) is 0 Å². The molecule has 7 heteroatoms. The molecule has 1 unspecified atom stereocenters. The average Bonchev–Trinajstić information content (AvgIpc) is 2.85. The Morgan fingerprint density at radius 1 is 1.22 bits per heavy atom. The number of H-pyrrole nitrogens is 1. The molecule has 0 spiro atoms. The van der Waals surface area contributed by atoms with Crippen molar-refractivity contribution in [2.75, 3.05) is 13.1 Å². The molecule has 0 aliphatic carbocycles. The number of aromatic nitrogens is 1. The van der Waals surface area contributed by atoms with Crippen LogP contribution in [0.5, 0.6) is 0 Å². The maximum absolute atomic E-state index is 13.1. The van der Waals surface area contributed by atoms with Crippen molar-refractivity contribution in [2.45, 2.75) is 72.4 Å². The molecule has 2 rings (SSSR count). The summed E-state index contributed by atoms with van der Waals surface area (Å²) < 4.78 is 5.28. The second kappa shape index (κ2) is 8.15. The molecule has 1 saturated heterocycles. The Morgan fingerprint density at radius 2 is 1.89 bits per heavy atom. The molecular formula is C20H31N3O4. The molecule has 27 heavy (non-hydrogen) atoms. The molecule has 2 N–H and O–H groups in total. The summed E-state index contributed by atoms with van der Waals surface area (Å²) in [5.74, 6) is -0.180. The smallest absolute Gasteiger partial charge is 0.407 e. The molecule has 1 aromatic rings. The van der Waals surface area contributed by atoms with Crippen LogP contribution >= 0.6 is 0 Å². The molecule has 0 bridgehead atoms. The number of nitrogens with zero attached hydrogens (tertiary/aromatic N) is 1. The monoisotopic (exact) mass is 377 g/mol. The molecule has 7 nitrogen and oxygen atoms in total. The number of ketones is 1. The molecular weight excluding hydrogens is 346 g/mol. The van der Waals surface area contributed by atoms with Crippen LogP contribution in [0.1, 0.15) is 79.1 Å². The normalized spacial score (nSPS) is 17.6. The number of likely N-dealkylation sites (tertiary alicyclic amines) is 1. The summed E-state index contributed by atoms with van der Waals surface area (Å²) in [4.78, 5) is 41.8. The molecule has 1 aromatic heterocycles. The van der Waals surface area contributed by atoms with E-state index in [1.54, 1.807) is 18.7 Å². The van der Waals surface area contributed by atoms with Crippen molar-refractivity contribution in [1.29, 1.82) is 0 Å². The molecule has 1 aliphatic rings. The molecule has 2 heterocycles. The first kappa shape index (κ1) is 21.0. The number of nitrogens with one attached hydrogen (secondary N) is 2. The van der Waals surface area contributed by atoms with E-state index < -0.39 is 11.7 Å². The van der Waals surface area contributed by atoms with Crippen LogP contribution in [0, 0.1) is 13.8 Å². The number of aryl methyl sites for hydroxylation is 1. The summed E-state index contributed by atoms with van der Waals surface area (Å²) in [7, 11) is 0. The van der Waals surface area contributed by atoms with Gasteiger partial charge in [0.25, 0.3) is 5.91 Å². The highest BCUT2D eigenvalue weighted by Gasteiger charge is 2.31. The van der Waals surface area contributed by atoms with Gasteiger partial charge in [0.2, 0.25) is 0 Å². The molecule has 0 radical (unpaired) electrons. The van der Waals surface area contributed by atoms with Gasteiger partial charge in [0, 0.05) is 30.4 Å². The highest BCUT2D eigenvalue weighted by Crippen LogP contribution is 2.24. The van der Waals surface area contributed by atoms with Crippen LogP contribution < -0.4 is 5.32 Å². The second-order valence-corrected chi connectivity index (χ2v) is 8.21. The third kappa shape index (κ3) is 5.11. The van der Waals surface area contributed by atoms with Gasteiger partial charge in [-0.15, -0.1) is 0 Å². The fourth-order valence-corrected chi connectivity index (χ4v) is 3.63. The summed E-state index contributed by atoms with van der Waals surface area (Å²) in [5, 5.41) is 2.78. The number of carbonyl (C=O) groups is 3. The fraction of sp³-hybridized carbons (Fsp3) is 0.650. The molecule has 150 valence electrons. The van der Waals surface area contributed by atoms with Crippen molar-refractivity contribution in [3.63, 3.8) is 0 Å². The summed E-state index contributed by atoms with van der Waals surface area (Å²) in [6.45, 7) is 11.5. The molecule has 0 aromatic carbocycles. The van der Waals surface area contributed by atoms with E-state index >= 15 is 0 Å². The lowest BCUT2D eigenvalue weighted by Gasteiger charge is -2.36. The van der Waals surface area contributed by atoms with Crippen LogP contribution in [-0.4, -0.2) is 52.4 Å². The first-order valence-corrected chi connectivity index (χ1v) is 9.49. The van der Waals surface area contributed by atoms with Crippen LogP contribution in [0.25, 0.3) is 0 Å². The van der Waals surface area contributed by atoms with E-state index in [2.05, 4.69) is 10.3 Å². The average molecular weight is 377 g/mol. The van der Waals surface area contributed by atoms with Gasteiger partial charge in [0.15, 0.2) is 5.78 Å². The number of ether oxygens (including phenoxy) is 1. The Kier molecular flexibility index (Phi) is 6.34. The lowest BCUT2D eigenvalue weighted by Crippen LogP contribution is -2.50. The predicted octanol–water partition coefficient (Wildman–Crippen LogP) is 3.35. The molecule has 1 aliphatic heterocycles. The number of alkyl carbamates (subject to hydrolysis) is 1. The highest BCUT2D eigenvalue weighted by molar-refractivity contribution is 6.02. The number of hydrogen-bond acceptors (Lipinski definition) is 4. The Bertz CT molecular complexity index is 730. The van der Waals surface area contributed by atoms with Gasteiger partial charge in [-0.05, 0) is 66.4 Å². The van der Waals surface area contributed by atoms with Gasteiger partial charge in [0.1, 0.15) is 11.3 Å².